The van der Waals surface area contributed by atoms with E-state index >= 15 is 0 Å². The molecular weight excluding hydrogens is 394 g/mol. The molecule has 1 amide bonds. The van der Waals surface area contributed by atoms with Crippen LogP contribution in [-0.4, -0.2) is 61.4 Å². The van der Waals surface area contributed by atoms with Gasteiger partial charge in [0.2, 0.25) is 0 Å². The van der Waals surface area contributed by atoms with E-state index in [1.54, 1.807) is 40.7 Å². The first kappa shape index (κ1) is 23.2. The normalized spacial score (nSPS) is 20.7. The van der Waals surface area contributed by atoms with E-state index in [9.17, 15) is 19.2 Å². The minimum absolute atomic E-state index is 0.0583. The molecule has 1 aliphatic carbocycles. The van der Waals surface area contributed by atoms with E-state index in [2.05, 4.69) is 0 Å². The number of amides is 1. The number of hydrogen-bond donors (Lipinski definition) is 0. The third kappa shape index (κ3) is 4.24. The maximum absolute atomic E-state index is 13.1. The van der Waals surface area contributed by atoms with Crippen LogP contribution in [0.15, 0.2) is 34.6 Å². The van der Waals surface area contributed by atoms with Gasteiger partial charge in [-0.15, -0.1) is 0 Å². The average molecular weight is 421 g/mol. The van der Waals surface area contributed by atoms with Crippen LogP contribution < -0.4 is 0 Å². The fourth-order valence-corrected chi connectivity index (χ4v) is 3.54. The first-order valence-corrected chi connectivity index (χ1v) is 9.47. The Bertz CT molecular complexity index is 859. The molecule has 0 N–H and O–H groups in total. The van der Waals surface area contributed by atoms with Gasteiger partial charge in [-0.25, -0.2) is 19.2 Å². The van der Waals surface area contributed by atoms with Crippen LogP contribution in [0, 0.1) is 5.92 Å². The van der Waals surface area contributed by atoms with Crippen LogP contribution in [0.5, 0.6) is 0 Å². The van der Waals surface area contributed by atoms with Gasteiger partial charge in [0.1, 0.15) is 5.60 Å². The third-order valence-electron chi connectivity index (χ3n) is 4.66. The molecule has 9 heteroatoms. The van der Waals surface area contributed by atoms with Gasteiger partial charge in [-0.1, -0.05) is 12.2 Å². The standard InChI is InChI=1S/C21H27NO8/c1-8-29-19(25)14-11(2)22(20(26)30-21(3,4)5)16-12(14)9-10-13(17(23)27-6)15(16)18(24)28-7/h9-10,12,16H,8H2,1-7H3/t12-,16+/m0/s1. The summed E-state index contributed by atoms with van der Waals surface area (Å²) in [6, 6.07) is -1.02. The van der Waals surface area contributed by atoms with E-state index in [0.29, 0.717) is 0 Å². The van der Waals surface area contributed by atoms with Gasteiger partial charge in [-0.3, -0.25) is 4.90 Å². The van der Waals surface area contributed by atoms with Crippen LogP contribution in [0.3, 0.4) is 0 Å². The molecule has 30 heavy (non-hydrogen) atoms. The summed E-state index contributed by atoms with van der Waals surface area (Å²) < 4.78 is 20.3. The SMILES string of the molecule is CCOC(=O)C1=C(C)N(C(=O)OC(C)(C)C)[C@H]2C(C(=O)OC)=C(C(=O)OC)C=C[C@@H]12. The van der Waals surface area contributed by atoms with Crippen LogP contribution in [0.2, 0.25) is 0 Å². The summed E-state index contributed by atoms with van der Waals surface area (Å²) in [6.45, 7) is 8.45. The zero-order valence-corrected chi connectivity index (χ0v) is 18.2. The summed E-state index contributed by atoms with van der Waals surface area (Å²) >= 11 is 0. The highest BCUT2D eigenvalue weighted by Gasteiger charge is 2.51. The molecule has 0 unspecified atom stereocenters. The second-order valence-corrected chi connectivity index (χ2v) is 7.71. The minimum atomic E-state index is -1.02. The first-order chi connectivity index (χ1) is 14.0. The Morgan fingerprint density at radius 3 is 2.10 bits per heavy atom. The average Bonchev–Trinajstić information content (AvgIpc) is 2.96. The summed E-state index contributed by atoms with van der Waals surface area (Å²) in [6.07, 6.45) is 2.20. The topological polar surface area (TPSA) is 108 Å². The van der Waals surface area contributed by atoms with Gasteiger partial charge in [0.05, 0.1) is 43.6 Å². The fourth-order valence-electron chi connectivity index (χ4n) is 3.54. The van der Waals surface area contributed by atoms with Crippen molar-refractivity contribution in [2.75, 3.05) is 20.8 Å². The maximum Gasteiger partial charge on any atom is 0.415 e. The predicted molar refractivity (Wildman–Crippen MR) is 105 cm³/mol. The van der Waals surface area contributed by atoms with Crippen LogP contribution in [0.25, 0.3) is 0 Å². The maximum atomic E-state index is 13.1. The van der Waals surface area contributed by atoms with E-state index in [4.69, 9.17) is 18.9 Å². The number of carbonyl (C=O) groups excluding carboxylic acids is 4. The van der Waals surface area contributed by atoms with Crippen molar-refractivity contribution in [2.45, 2.75) is 46.3 Å². The minimum Gasteiger partial charge on any atom is -0.466 e. The molecule has 2 aliphatic rings. The molecule has 9 nitrogen and oxygen atoms in total. The van der Waals surface area contributed by atoms with E-state index in [0.717, 1.165) is 7.11 Å². The number of carbonyl (C=O) groups is 4. The van der Waals surface area contributed by atoms with Crippen molar-refractivity contribution in [1.29, 1.82) is 0 Å². The van der Waals surface area contributed by atoms with Crippen molar-refractivity contribution in [3.05, 3.63) is 34.6 Å². The third-order valence-corrected chi connectivity index (χ3v) is 4.66. The summed E-state index contributed by atoms with van der Waals surface area (Å²) in [7, 11) is 2.34. The summed E-state index contributed by atoms with van der Waals surface area (Å²) in [5.74, 6) is -2.93. The molecule has 0 aromatic carbocycles. The monoisotopic (exact) mass is 421 g/mol. The molecule has 164 valence electrons. The molecule has 2 rings (SSSR count). The van der Waals surface area contributed by atoms with Gasteiger partial charge in [0, 0.05) is 11.6 Å². The number of allylic oxidation sites excluding steroid dienone is 1. The Morgan fingerprint density at radius 2 is 1.60 bits per heavy atom. The largest absolute Gasteiger partial charge is 0.466 e. The van der Waals surface area contributed by atoms with Gasteiger partial charge in [-0.2, -0.15) is 0 Å². The zero-order valence-electron chi connectivity index (χ0n) is 18.2. The van der Waals surface area contributed by atoms with E-state index in [-0.39, 0.29) is 29.0 Å². The molecule has 0 radical (unpaired) electrons. The molecule has 0 saturated carbocycles. The van der Waals surface area contributed by atoms with Gasteiger partial charge >= 0.3 is 24.0 Å². The first-order valence-electron chi connectivity index (χ1n) is 9.47. The number of ether oxygens (including phenoxy) is 4. The van der Waals surface area contributed by atoms with Gasteiger partial charge < -0.3 is 18.9 Å². The fraction of sp³-hybridized carbons (Fsp3) is 0.524. The molecule has 1 heterocycles. The van der Waals surface area contributed by atoms with Crippen LogP contribution in [0.1, 0.15) is 34.6 Å². The summed E-state index contributed by atoms with van der Waals surface area (Å²) in [5, 5.41) is 0. The number of esters is 3. The zero-order chi connectivity index (χ0) is 22.8. The highest BCUT2D eigenvalue weighted by molar-refractivity contribution is 6.05. The van der Waals surface area contributed by atoms with Crippen molar-refractivity contribution in [2.24, 2.45) is 5.92 Å². The molecule has 0 saturated heterocycles. The second-order valence-electron chi connectivity index (χ2n) is 7.71. The summed E-state index contributed by atoms with van der Waals surface area (Å²) in [4.78, 5) is 51.9. The van der Waals surface area contributed by atoms with Crippen LogP contribution >= 0.6 is 0 Å². The summed E-state index contributed by atoms with van der Waals surface area (Å²) in [5.41, 5.74) is -0.507. The lowest BCUT2D eigenvalue weighted by atomic mass is 9.82. The van der Waals surface area contributed by atoms with E-state index in [1.807, 2.05) is 0 Å². The molecular formula is C21H27NO8. The number of hydrogen-bond acceptors (Lipinski definition) is 8. The van der Waals surface area contributed by atoms with Crippen molar-refractivity contribution < 1.29 is 38.1 Å². The van der Waals surface area contributed by atoms with E-state index in [1.165, 1.54) is 18.1 Å². The lowest BCUT2D eigenvalue weighted by molar-refractivity contribution is -0.140. The Labute approximate surface area is 175 Å². The molecule has 0 fully saturated rings. The number of methoxy groups -OCH3 is 2. The molecule has 0 aromatic heterocycles. The van der Waals surface area contributed by atoms with E-state index < -0.39 is 41.6 Å². The Kier molecular flexibility index (Phi) is 6.74. The molecule has 2 atom stereocenters. The smallest absolute Gasteiger partial charge is 0.415 e. The number of fused-ring (bicyclic) bond motifs is 1. The second kappa shape index (κ2) is 8.73. The quantitative estimate of drug-likeness (QED) is 0.502. The van der Waals surface area contributed by atoms with Crippen LogP contribution in [0.4, 0.5) is 4.79 Å². The highest BCUT2D eigenvalue weighted by Crippen LogP contribution is 2.43. The molecule has 0 spiro atoms. The van der Waals surface area contributed by atoms with Crippen molar-refractivity contribution in [3.63, 3.8) is 0 Å². The molecule has 1 aliphatic heterocycles. The number of nitrogens with zero attached hydrogens (tertiary/aromatic N) is 1. The molecule has 0 bridgehead atoms. The lowest BCUT2D eigenvalue weighted by Crippen LogP contribution is -2.45. The van der Waals surface area contributed by atoms with Gasteiger partial charge in [-0.05, 0) is 34.6 Å². The Morgan fingerprint density at radius 1 is 1.00 bits per heavy atom. The lowest BCUT2D eigenvalue weighted by Gasteiger charge is -2.34. The van der Waals surface area contributed by atoms with Crippen molar-refractivity contribution >= 4 is 24.0 Å². The van der Waals surface area contributed by atoms with Crippen LogP contribution in [-0.2, 0) is 33.3 Å². The Hall–Kier alpha value is -3.10. The number of rotatable bonds is 4. The van der Waals surface area contributed by atoms with Gasteiger partial charge in [0.15, 0.2) is 0 Å². The van der Waals surface area contributed by atoms with Crippen molar-refractivity contribution in [3.8, 4) is 0 Å². The predicted octanol–water partition coefficient (Wildman–Crippen LogP) is 2.27. The van der Waals surface area contributed by atoms with Gasteiger partial charge in [0.25, 0.3) is 0 Å². The molecule has 0 aromatic rings. The van der Waals surface area contributed by atoms with Crippen molar-refractivity contribution in [1.82, 2.24) is 4.90 Å². The Balaban J connectivity index is 2.70. The highest BCUT2D eigenvalue weighted by atomic mass is 16.6.